The number of ether oxygens (including phenoxy) is 1. The number of hydrazine groups is 1. The van der Waals surface area contributed by atoms with Crippen LogP contribution in [0.2, 0.25) is 0 Å². The Bertz CT molecular complexity index is 675. The Balaban J connectivity index is 2.43. The Kier molecular flexibility index (Phi) is 2.79. The van der Waals surface area contributed by atoms with Gasteiger partial charge < -0.3 is 10.2 Å². The van der Waals surface area contributed by atoms with Gasteiger partial charge in [-0.05, 0) is 6.07 Å². The van der Waals surface area contributed by atoms with E-state index in [0.717, 1.165) is 6.07 Å². The Morgan fingerprint density at radius 2 is 2.05 bits per heavy atom. The van der Waals surface area contributed by atoms with Crippen molar-refractivity contribution in [2.75, 3.05) is 12.0 Å². The summed E-state index contributed by atoms with van der Waals surface area (Å²) in [5.74, 6) is 1.29. The van der Waals surface area contributed by atoms with Crippen LogP contribution >= 0.6 is 0 Å². The summed E-state index contributed by atoms with van der Waals surface area (Å²) in [6, 6.07) is 0.880. The van der Waals surface area contributed by atoms with Crippen molar-refractivity contribution in [1.82, 2.24) is 4.98 Å². The lowest BCUT2D eigenvalue weighted by Gasteiger charge is -2.20. The minimum Gasteiger partial charge on any atom is -0.376 e. The molecule has 7 heteroatoms. The Hall–Kier alpha value is -1.86. The number of hydrogen-bond donors (Lipinski definition) is 2. The fourth-order valence-electron chi connectivity index (χ4n) is 2.26. The van der Waals surface area contributed by atoms with Gasteiger partial charge in [-0.1, -0.05) is 0 Å². The average molecular weight is 269 g/mol. The highest BCUT2D eigenvalue weighted by atomic mass is 19.2. The van der Waals surface area contributed by atoms with E-state index in [9.17, 15) is 13.2 Å². The highest BCUT2D eigenvalue weighted by Gasteiger charge is 2.23. The van der Waals surface area contributed by atoms with Crippen LogP contribution in [0.1, 0.15) is 11.3 Å². The summed E-state index contributed by atoms with van der Waals surface area (Å²) in [7, 11) is 0. The van der Waals surface area contributed by atoms with Crippen LogP contribution < -0.4 is 11.3 Å². The lowest BCUT2D eigenvalue weighted by atomic mass is 10.0. The first-order chi connectivity index (χ1) is 9.13. The largest absolute Gasteiger partial charge is 0.376 e. The lowest BCUT2D eigenvalue weighted by molar-refractivity contribution is 0.110. The molecule has 19 heavy (non-hydrogen) atoms. The predicted octanol–water partition coefficient (Wildman–Crippen LogP) is 2.01. The van der Waals surface area contributed by atoms with Crippen LogP contribution in [0.5, 0.6) is 0 Å². The van der Waals surface area contributed by atoms with Gasteiger partial charge >= 0.3 is 0 Å². The zero-order valence-electron chi connectivity index (χ0n) is 9.77. The molecule has 4 nitrogen and oxygen atoms in total. The second-order valence-electron chi connectivity index (χ2n) is 4.24. The van der Waals surface area contributed by atoms with Crippen molar-refractivity contribution in [3.8, 4) is 0 Å². The maximum absolute atomic E-state index is 13.8. The van der Waals surface area contributed by atoms with Crippen LogP contribution in [0.4, 0.5) is 18.9 Å². The zero-order chi connectivity index (χ0) is 13.6. The van der Waals surface area contributed by atoms with Crippen LogP contribution in [-0.2, 0) is 17.8 Å². The molecule has 0 atom stereocenters. The van der Waals surface area contributed by atoms with Gasteiger partial charge in [-0.25, -0.2) is 18.2 Å². The number of nitrogens with two attached hydrogens (primary N) is 1. The van der Waals surface area contributed by atoms with E-state index in [-0.39, 0.29) is 17.5 Å². The number of nitrogen functional groups attached to an aromatic ring is 1. The standard InChI is InChI=1S/C12H10F3N3O/c13-7-3-5-11(18-16)6-4-19-2-1-8(6)17-12(5)10(15)9(7)14/h3H,1-2,4,16H2,(H,17,18). The van der Waals surface area contributed by atoms with Gasteiger partial charge in [0.2, 0.25) is 0 Å². The van der Waals surface area contributed by atoms with Gasteiger partial charge in [0.05, 0.1) is 24.6 Å². The fraction of sp³-hybridized carbons (Fsp3) is 0.250. The number of nitrogens with one attached hydrogen (secondary N) is 1. The number of pyridine rings is 1. The van der Waals surface area contributed by atoms with Crippen LogP contribution in [0, 0.1) is 17.5 Å². The Morgan fingerprint density at radius 1 is 1.26 bits per heavy atom. The summed E-state index contributed by atoms with van der Waals surface area (Å²) in [6.07, 6.45) is 0.471. The van der Waals surface area contributed by atoms with Crippen molar-refractivity contribution >= 4 is 16.6 Å². The highest BCUT2D eigenvalue weighted by Crippen LogP contribution is 2.33. The SMILES string of the molecule is NNc1c2c(nc3c(F)c(F)c(F)cc13)CCOC2. The van der Waals surface area contributed by atoms with E-state index in [0.29, 0.717) is 30.0 Å². The smallest absolute Gasteiger partial charge is 0.196 e. The first kappa shape index (κ1) is 12.2. The molecule has 1 aromatic heterocycles. The molecular formula is C12H10F3N3O. The van der Waals surface area contributed by atoms with Gasteiger partial charge in [0.1, 0.15) is 5.52 Å². The van der Waals surface area contributed by atoms with Crippen molar-refractivity contribution < 1.29 is 17.9 Å². The van der Waals surface area contributed by atoms with Crippen LogP contribution in [0.15, 0.2) is 6.07 Å². The molecule has 0 amide bonds. The average Bonchev–Trinajstić information content (AvgIpc) is 2.43. The van der Waals surface area contributed by atoms with E-state index in [1.54, 1.807) is 0 Å². The molecule has 0 unspecified atom stereocenters. The molecule has 1 aliphatic rings. The maximum Gasteiger partial charge on any atom is 0.196 e. The third-order valence-electron chi connectivity index (χ3n) is 3.18. The number of halogens is 3. The second kappa shape index (κ2) is 4.36. The quantitative estimate of drug-likeness (QED) is 0.472. The van der Waals surface area contributed by atoms with Crippen molar-refractivity contribution in [1.29, 1.82) is 0 Å². The summed E-state index contributed by atoms with van der Waals surface area (Å²) in [6.45, 7) is 0.694. The van der Waals surface area contributed by atoms with Crippen LogP contribution in [0.3, 0.4) is 0 Å². The zero-order valence-corrected chi connectivity index (χ0v) is 9.77. The first-order valence-electron chi connectivity index (χ1n) is 5.66. The summed E-state index contributed by atoms with van der Waals surface area (Å²) < 4.78 is 45.6. The monoisotopic (exact) mass is 269 g/mol. The lowest BCUT2D eigenvalue weighted by Crippen LogP contribution is -2.18. The van der Waals surface area contributed by atoms with E-state index >= 15 is 0 Å². The number of anilines is 1. The molecule has 2 heterocycles. The summed E-state index contributed by atoms with van der Waals surface area (Å²) in [5.41, 5.74) is 3.71. The van der Waals surface area contributed by atoms with Crippen molar-refractivity contribution in [2.24, 2.45) is 5.84 Å². The highest BCUT2D eigenvalue weighted by molar-refractivity contribution is 5.93. The number of aromatic nitrogens is 1. The van der Waals surface area contributed by atoms with Crippen LogP contribution in [0.25, 0.3) is 10.9 Å². The predicted molar refractivity (Wildman–Crippen MR) is 62.8 cm³/mol. The molecule has 0 spiro atoms. The van der Waals surface area contributed by atoms with Gasteiger partial charge in [-0.3, -0.25) is 5.84 Å². The molecule has 3 rings (SSSR count). The van der Waals surface area contributed by atoms with E-state index in [4.69, 9.17) is 10.6 Å². The van der Waals surface area contributed by atoms with Crippen molar-refractivity contribution in [3.63, 3.8) is 0 Å². The van der Waals surface area contributed by atoms with Gasteiger partial charge in [0, 0.05) is 17.4 Å². The van der Waals surface area contributed by atoms with Gasteiger partial charge in [-0.15, -0.1) is 0 Å². The first-order valence-corrected chi connectivity index (χ1v) is 5.66. The number of rotatable bonds is 1. The molecule has 100 valence electrons. The fourth-order valence-corrected chi connectivity index (χ4v) is 2.26. The molecule has 2 aromatic rings. The van der Waals surface area contributed by atoms with Crippen molar-refractivity contribution in [3.05, 3.63) is 34.8 Å². The van der Waals surface area contributed by atoms with Crippen LogP contribution in [-0.4, -0.2) is 11.6 Å². The van der Waals surface area contributed by atoms with E-state index in [2.05, 4.69) is 10.4 Å². The molecule has 0 radical (unpaired) electrons. The third kappa shape index (κ3) is 1.73. The molecule has 1 aliphatic heterocycles. The minimum atomic E-state index is -1.53. The topological polar surface area (TPSA) is 60.2 Å². The number of benzene rings is 1. The van der Waals surface area contributed by atoms with Crippen molar-refractivity contribution in [2.45, 2.75) is 13.0 Å². The van der Waals surface area contributed by atoms with Gasteiger partial charge in [0.15, 0.2) is 17.5 Å². The summed E-state index contributed by atoms with van der Waals surface area (Å²) in [4.78, 5) is 4.07. The van der Waals surface area contributed by atoms with Gasteiger partial charge in [0.25, 0.3) is 0 Å². The number of fused-ring (bicyclic) bond motifs is 2. The maximum atomic E-state index is 13.8. The summed E-state index contributed by atoms with van der Waals surface area (Å²) >= 11 is 0. The third-order valence-corrected chi connectivity index (χ3v) is 3.18. The van der Waals surface area contributed by atoms with E-state index in [1.807, 2.05) is 0 Å². The molecule has 0 aliphatic carbocycles. The Morgan fingerprint density at radius 3 is 2.79 bits per heavy atom. The Labute approximate surface area is 106 Å². The molecule has 0 bridgehead atoms. The number of nitrogens with zero attached hydrogens (tertiary/aromatic N) is 1. The van der Waals surface area contributed by atoms with Gasteiger partial charge in [-0.2, -0.15) is 0 Å². The molecule has 3 N–H and O–H groups in total. The molecule has 0 saturated heterocycles. The normalized spacial score (nSPS) is 14.5. The van der Waals surface area contributed by atoms with E-state index in [1.165, 1.54) is 0 Å². The molecule has 0 saturated carbocycles. The molecular weight excluding hydrogens is 259 g/mol. The van der Waals surface area contributed by atoms with E-state index < -0.39 is 17.5 Å². The molecule has 1 aromatic carbocycles. The minimum absolute atomic E-state index is 0.100. The number of hydrogen-bond acceptors (Lipinski definition) is 4. The second-order valence-corrected chi connectivity index (χ2v) is 4.24. The molecule has 0 fully saturated rings. The summed E-state index contributed by atoms with van der Waals surface area (Å²) in [5, 5.41) is 0.100.